The smallest absolute Gasteiger partial charge is 0.279 e. The van der Waals surface area contributed by atoms with Crippen LogP contribution in [-0.2, 0) is 14.9 Å². The first-order valence-electron chi connectivity index (χ1n) is 4.96. The molecule has 0 spiro atoms. The molecule has 0 aliphatic carbocycles. The number of rotatable bonds is 9. The van der Waals surface area contributed by atoms with Gasteiger partial charge in [-0.25, -0.2) is 0 Å². The van der Waals surface area contributed by atoms with E-state index in [0.29, 0.717) is 32.8 Å². The van der Waals surface area contributed by atoms with Crippen LogP contribution in [0.25, 0.3) is 0 Å². The standard InChI is InChI=1S/C8H19BrN2O3S/c1-3-11(4-2)15(12,13)10-6-8-14-7-5-9/h10H,3-8H2,1-2H3. The molecule has 1 N–H and O–H groups in total. The van der Waals surface area contributed by atoms with E-state index in [0.717, 1.165) is 5.33 Å². The highest BCUT2D eigenvalue weighted by Gasteiger charge is 2.16. The van der Waals surface area contributed by atoms with Gasteiger partial charge in [-0.3, -0.25) is 0 Å². The van der Waals surface area contributed by atoms with Crippen LogP contribution < -0.4 is 4.72 Å². The van der Waals surface area contributed by atoms with Crippen LogP contribution in [-0.4, -0.2) is 50.9 Å². The molecule has 0 aliphatic heterocycles. The van der Waals surface area contributed by atoms with E-state index in [-0.39, 0.29) is 0 Å². The molecule has 0 unspecified atom stereocenters. The molecule has 0 amide bonds. The minimum absolute atomic E-state index is 0.311. The minimum Gasteiger partial charge on any atom is -0.379 e. The van der Waals surface area contributed by atoms with E-state index in [1.165, 1.54) is 4.31 Å². The Hall–Kier alpha value is 0.310. The van der Waals surface area contributed by atoms with Gasteiger partial charge in [-0.05, 0) is 0 Å². The summed E-state index contributed by atoms with van der Waals surface area (Å²) in [7, 11) is -3.32. The lowest BCUT2D eigenvalue weighted by Gasteiger charge is -2.18. The molecular weight excluding hydrogens is 284 g/mol. The van der Waals surface area contributed by atoms with Crippen LogP contribution in [0.4, 0.5) is 0 Å². The first-order valence-corrected chi connectivity index (χ1v) is 7.53. The summed E-state index contributed by atoms with van der Waals surface area (Å²) in [6.07, 6.45) is 0. The Morgan fingerprint density at radius 2 is 1.87 bits per heavy atom. The summed E-state index contributed by atoms with van der Waals surface area (Å²) in [5, 5.41) is 0.760. The molecular formula is C8H19BrN2O3S. The topological polar surface area (TPSA) is 58.6 Å². The number of hydrogen-bond acceptors (Lipinski definition) is 3. The highest BCUT2D eigenvalue weighted by atomic mass is 79.9. The number of nitrogens with zero attached hydrogens (tertiary/aromatic N) is 1. The SMILES string of the molecule is CCN(CC)S(=O)(=O)NCCOCCBr. The fraction of sp³-hybridized carbons (Fsp3) is 1.00. The maximum absolute atomic E-state index is 11.6. The van der Waals surface area contributed by atoms with Gasteiger partial charge in [0.2, 0.25) is 0 Å². The van der Waals surface area contributed by atoms with E-state index in [4.69, 9.17) is 4.74 Å². The third kappa shape index (κ3) is 6.47. The lowest BCUT2D eigenvalue weighted by molar-refractivity contribution is 0.156. The zero-order valence-electron chi connectivity index (χ0n) is 9.20. The van der Waals surface area contributed by atoms with Crippen LogP contribution in [0.15, 0.2) is 0 Å². The van der Waals surface area contributed by atoms with Crippen LogP contribution in [0.3, 0.4) is 0 Å². The predicted molar refractivity (Wildman–Crippen MR) is 64.5 cm³/mol. The molecule has 92 valence electrons. The van der Waals surface area contributed by atoms with Gasteiger partial charge >= 0.3 is 0 Å². The molecule has 0 aromatic carbocycles. The van der Waals surface area contributed by atoms with Crippen molar-refractivity contribution in [2.24, 2.45) is 0 Å². The lowest BCUT2D eigenvalue weighted by Crippen LogP contribution is -2.41. The third-order valence-corrected chi connectivity index (χ3v) is 3.89. The molecule has 0 aromatic heterocycles. The van der Waals surface area contributed by atoms with Gasteiger partial charge < -0.3 is 4.74 Å². The van der Waals surface area contributed by atoms with Crippen LogP contribution >= 0.6 is 15.9 Å². The summed E-state index contributed by atoms with van der Waals surface area (Å²) < 4.78 is 32.1. The second-order valence-electron chi connectivity index (χ2n) is 2.79. The maximum atomic E-state index is 11.6. The Balaban J connectivity index is 3.83. The van der Waals surface area contributed by atoms with Crippen LogP contribution in [0.2, 0.25) is 0 Å². The van der Waals surface area contributed by atoms with E-state index < -0.39 is 10.2 Å². The first kappa shape index (κ1) is 15.3. The summed E-state index contributed by atoms with van der Waals surface area (Å²) in [6.45, 7) is 5.88. The molecule has 0 saturated carbocycles. The lowest BCUT2D eigenvalue weighted by atomic mass is 10.7. The van der Waals surface area contributed by atoms with Gasteiger partial charge in [0.25, 0.3) is 10.2 Å². The fourth-order valence-corrected chi connectivity index (χ4v) is 2.49. The van der Waals surface area contributed by atoms with Gasteiger partial charge in [0.05, 0.1) is 13.2 Å². The molecule has 0 fully saturated rings. The predicted octanol–water partition coefficient (Wildman–Crippen LogP) is 0.574. The minimum atomic E-state index is -3.32. The highest BCUT2D eigenvalue weighted by molar-refractivity contribution is 9.09. The molecule has 0 aliphatic rings. The molecule has 0 radical (unpaired) electrons. The van der Waals surface area contributed by atoms with E-state index in [9.17, 15) is 8.42 Å². The zero-order valence-corrected chi connectivity index (χ0v) is 11.6. The third-order valence-electron chi connectivity index (χ3n) is 1.80. The number of hydrogen-bond donors (Lipinski definition) is 1. The molecule has 5 nitrogen and oxygen atoms in total. The largest absolute Gasteiger partial charge is 0.379 e. The van der Waals surface area contributed by atoms with E-state index in [2.05, 4.69) is 20.7 Å². The number of ether oxygens (including phenoxy) is 1. The maximum Gasteiger partial charge on any atom is 0.279 e. The van der Waals surface area contributed by atoms with Crippen LogP contribution in [0.1, 0.15) is 13.8 Å². The van der Waals surface area contributed by atoms with Gasteiger partial charge in [0, 0.05) is 25.0 Å². The molecule has 0 rings (SSSR count). The van der Waals surface area contributed by atoms with E-state index >= 15 is 0 Å². The molecule has 15 heavy (non-hydrogen) atoms. The summed E-state index contributed by atoms with van der Waals surface area (Å²) in [5.74, 6) is 0. The normalized spacial score (nSPS) is 12.3. The average molecular weight is 303 g/mol. The van der Waals surface area contributed by atoms with Crippen molar-refractivity contribution in [3.05, 3.63) is 0 Å². The second kappa shape index (κ2) is 8.46. The van der Waals surface area contributed by atoms with Gasteiger partial charge in [0.15, 0.2) is 0 Å². The second-order valence-corrected chi connectivity index (χ2v) is 5.33. The van der Waals surface area contributed by atoms with Crippen molar-refractivity contribution in [2.75, 3.05) is 38.2 Å². The Morgan fingerprint density at radius 1 is 1.27 bits per heavy atom. The van der Waals surface area contributed by atoms with Crippen molar-refractivity contribution in [3.63, 3.8) is 0 Å². The molecule has 7 heteroatoms. The Morgan fingerprint density at radius 3 is 2.33 bits per heavy atom. The van der Waals surface area contributed by atoms with Crippen LogP contribution in [0, 0.1) is 0 Å². The Kier molecular flexibility index (Phi) is 8.64. The fourth-order valence-electron chi connectivity index (χ4n) is 1.05. The van der Waals surface area contributed by atoms with E-state index in [1.54, 1.807) is 0 Å². The molecule has 0 atom stereocenters. The Labute approximate surface area is 100 Å². The van der Waals surface area contributed by atoms with Crippen LogP contribution in [0.5, 0.6) is 0 Å². The molecule has 0 heterocycles. The quantitative estimate of drug-likeness (QED) is 0.500. The molecule has 0 aromatic rings. The van der Waals surface area contributed by atoms with Gasteiger partial charge in [0.1, 0.15) is 0 Å². The summed E-state index contributed by atoms with van der Waals surface area (Å²) in [5.41, 5.74) is 0. The average Bonchev–Trinajstić information content (AvgIpc) is 2.18. The van der Waals surface area contributed by atoms with Crippen molar-refractivity contribution in [3.8, 4) is 0 Å². The summed E-state index contributed by atoms with van der Waals surface area (Å²) in [6, 6.07) is 0. The first-order chi connectivity index (χ1) is 7.08. The zero-order chi connectivity index (χ0) is 11.7. The van der Waals surface area contributed by atoms with Gasteiger partial charge in [-0.1, -0.05) is 29.8 Å². The summed E-state index contributed by atoms with van der Waals surface area (Å²) >= 11 is 3.21. The van der Waals surface area contributed by atoms with Crippen molar-refractivity contribution in [1.82, 2.24) is 9.03 Å². The van der Waals surface area contributed by atoms with Crippen molar-refractivity contribution in [1.29, 1.82) is 0 Å². The number of halogens is 1. The monoisotopic (exact) mass is 302 g/mol. The molecule has 0 saturated heterocycles. The molecule has 0 bridgehead atoms. The summed E-state index contributed by atoms with van der Waals surface area (Å²) in [4.78, 5) is 0. The van der Waals surface area contributed by atoms with E-state index in [1.807, 2.05) is 13.8 Å². The number of nitrogens with one attached hydrogen (secondary N) is 1. The van der Waals surface area contributed by atoms with Crippen molar-refractivity contribution in [2.45, 2.75) is 13.8 Å². The van der Waals surface area contributed by atoms with Crippen molar-refractivity contribution >= 4 is 26.1 Å². The van der Waals surface area contributed by atoms with Gasteiger partial charge in [-0.15, -0.1) is 0 Å². The van der Waals surface area contributed by atoms with Crippen molar-refractivity contribution < 1.29 is 13.2 Å². The van der Waals surface area contributed by atoms with Gasteiger partial charge in [-0.2, -0.15) is 17.4 Å². The Bertz CT molecular complexity index is 242. The highest BCUT2D eigenvalue weighted by Crippen LogP contribution is 1.95. The number of alkyl halides is 1.